The molecule has 0 saturated heterocycles. The molecule has 2 aromatic carbocycles. The fraction of sp³-hybridized carbons (Fsp3) is 0.0625. The minimum absolute atomic E-state index is 1.23. The molecule has 3 heterocycles. The van der Waals surface area contributed by atoms with Crippen LogP contribution < -0.4 is 0 Å². The normalized spacial score (nSPS) is 12.5. The summed E-state index contributed by atoms with van der Waals surface area (Å²) in [5.74, 6) is 0. The van der Waals surface area contributed by atoms with Gasteiger partial charge in [0.2, 0.25) is 0 Å². The highest BCUT2D eigenvalue weighted by molar-refractivity contribution is 7.14. The number of fused-ring (bicyclic) bond motifs is 6. The van der Waals surface area contributed by atoms with Crippen molar-refractivity contribution in [3.05, 3.63) is 48.2 Å². The first-order chi connectivity index (χ1) is 9.34. The molecule has 0 unspecified atom stereocenters. The maximum Gasteiger partial charge on any atom is 0.0851 e. The molecule has 0 amide bonds. The van der Waals surface area contributed by atoms with Crippen molar-refractivity contribution >= 4 is 48.9 Å². The largest absolute Gasteiger partial charge is 0.306 e. The van der Waals surface area contributed by atoms with E-state index in [9.17, 15) is 0 Å². The third-order valence-corrected chi connectivity index (χ3v) is 4.80. The Hall–Kier alpha value is -2.13. The first-order valence-corrected chi connectivity index (χ1v) is 7.11. The summed E-state index contributed by atoms with van der Waals surface area (Å²) in [6.45, 7) is 2.15. The maximum atomic E-state index is 4.35. The smallest absolute Gasteiger partial charge is 0.0851 e. The molecular formula is C16H10N2S. The van der Waals surface area contributed by atoms with E-state index < -0.39 is 0 Å². The molecule has 0 aliphatic rings. The van der Waals surface area contributed by atoms with Crippen molar-refractivity contribution in [1.82, 2.24) is 8.77 Å². The Balaban J connectivity index is 2.29. The van der Waals surface area contributed by atoms with E-state index in [4.69, 9.17) is 0 Å². The number of aryl methyl sites for hydroxylation is 1. The van der Waals surface area contributed by atoms with Crippen LogP contribution in [0, 0.1) is 6.92 Å². The summed E-state index contributed by atoms with van der Waals surface area (Å²) in [5.41, 5.74) is 5.16. The first-order valence-electron chi connectivity index (χ1n) is 6.34. The van der Waals surface area contributed by atoms with Crippen molar-refractivity contribution < 1.29 is 0 Å². The summed E-state index contributed by atoms with van der Waals surface area (Å²) in [6, 6.07) is 13.3. The Morgan fingerprint density at radius 1 is 1.00 bits per heavy atom. The molecule has 0 atom stereocenters. The van der Waals surface area contributed by atoms with Crippen LogP contribution in [0.3, 0.4) is 0 Å². The van der Waals surface area contributed by atoms with Gasteiger partial charge in [0.15, 0.2) is 0 Å². The predicted molar refractivity (Wildman–Crippen MR) is 81.5 cm³/mol. The molecule has 3 aromatic heterocycles. The van der Waals surface area contributed by atoms with Gasteiger partial charge in [-0.05, 0) is 30.6 Å². The van der Waals surface area contributed by atoms with E-state index in [1.165, 1.54) is 43.0 Å². The van der Waals surface area contributed by atoms with Gasteiger partial charge in [-0.1, -0.05) is 29.8 Å². The van der Waals surface area contributed by atoms with Gasteiger partial charge in [-0.3, -0.25) is 0 Å². The van der Waals surface area contributed by atoms with Crippen molar-refractivity contribution in [3.63, 3.8) is 0 Å². The number of hydrogen-bond acceptors (Lipinski definition) is 2. The predicted octanol–water partition coefficient (Wildman–Crippen LogP) is 4.60. The zero-order valence-corrected chi connectivity index (χ0v) is 11.2. The van der Waals surface area contributed by atoms with Gasteiger partial charge >= 0.3 is 0 Å². The number of hydrogen-bond donors (Lipinski definition) is 0. The molecular weight excluding hydrogens is 252 g/mol. The van der Waals surface area contributed by atoms with Crippen LogP contribution in [0.1, 0.15) is 5.56 Å². The average Bonchev–Trinajstić information content (AvgIpc) is 3.06. The Labute approximate surface area is 113 Å². The zero-order chi connectivity index (χ0) is 12.6. The lowest BCUT2D eigenvalue weighted by Crippen LogP contribution is -1.78. The molecule has 0 saturated carbocycles. The lowest BCUT2D eigenvalue weighted by atomic mass is 10.1. The van der Waals surface area contributed by atoms with Gasteiger partial charge in [-0.25, -0.2) is 0 Å². The fourth-order valence-electron chi connectivity index (χ4n) is 3.20. The fourth-order valence-corrected chi connectivity index (χ4v) is 3.96. The molecule has 19 heavy (non-hydrogen) atoms. The standard InChI is InChI=1S/C16H10N2S/c1-9-5-6-13-12(7-9)10-3-2-4-11-15(10)18(13)14-8-17-19-16(11)14/h2-8H,1H3. The van der Waals surface area contributed by atoms with Gasteiger partial charge in [-0.15, -0.1) is 0 Å². The number of aromatic nitrogens is 2. The Bertz CT molecular complexity index is 1070. The highest BCUT2D eigenvalue weighted by Crippen LogP contribution is 2.40. The summed E-state index contributed by atoms with van der Waals surface area (Å²) < 4.78 is 8.01. The van der Waals surface area contributed by atoms with Crippen molar-refractivity contribution in [3.8, 4) is 0 Å². The topological polar surface area (TPSA) is 17.3 Å². The third-order valence-electron chi connectivity index (χ3n) is 3.98. The monoisotopic (exact) mass is 262 g/mol. The van der Waals surface area contributed by atoms with Gasteiger partial charge in [0.25, 0.3) is 0 Å². The number of nitrogens with zero attached hydrogens (tertiary/aromatic N) is 2. The molecule has 0 aliphatic heterocycles. The Morgan fingerprint density at radius 2 is 1.89 bits per heavy atom. The van der Waals surface area contributed by atoms with Gasteiger partial charge in [0.1, 0.15) is 0 Å². The van der Waals surface area contributed by atoms with E-state index in [-0.39, 0.29) is 0 Å². The SMILES string of the molecule is Cc1ccc2c(c1)c1cccc3c4sncc4n2c13. The minimum Gasteiger partial charge on any atom is -0.306 e. The second kappa shape index (κ2) is 3.06. The molecule has 0 bridgehead atoms. The summed E-state index contributed by atoms with van der Waals surface area (Å²) in [7, 11) is 0. The highest BCUT2D eigenvalue weighted by Gasteiger charge is 2.17. The van der Waals surface area contributed by atoms with Crippen molar-refractivity contribution in [2.75, 3.05) is 0 Å². The van der Waals surface area contributed by atoms with E-state index in [2.05, 4.69) is 52.1 Å². The second-order valence-electron chi connectivity index (χ2n) is 5.10. The van der Waals surface area contributed by atoms with Crippen LogP contribution in [-0.4, -0.2) is 8.77 Å². The van der Waals surface area contributed by atoms with Crippen molar-refractivity contribution in [2.45, 2.75) is 6.92 Å². The number of benzene rings is 2. The van der Waals surface area contributed by atoms with Gasteiger partial charge in [0, 0.05) is 16.2 Å². The van der Waals surface area contributed by atoms with Gasteiger partial charge in [-0.2, -0.15) is 4.37 Å². The van der Waals surface area contributed by atoms with Crippen LogP contribution in [0.5, 0.6) is 0 Å². The first kappa shape index (κ1) is 9.75. The van der Waals surface area contributed by atoms with Gasteiger partial charge < -0.3 is 4.40 Å². The van der Waals surface area contributed by atoms with E-state index in [0.717, 1.165) is 0 Å². The van der Waals surface area contributed by atoms with Crippen LogP contribution >= 0.6 is 11.5 Å². The zero-order valence-electron chi connectivity index (χ0n) is 10.3. The Morgan fingerprint density at radius 3 is 2.84 bits per heavy atom. The van der Waals surface area contributed by atoms with E-state index in [0.29, 0.717) is 0 Å². The van der Waals surface area contributed by atoms with Crippen molar-refractivity contribution in [2.24, 2.45) is 0 Å². The summed E-state index contributed by atoms with van der Waals surface area (Å²) in [6.07, 6.45) is 1.98. The van der Waals surface area contributed by atoms with Crippen LogP contribution in [0.25, 0.3) is 37.4 Å². The second-order valence-corrected chi connectivity index (χ2v) is 5.90. The molecule has 0 fully saturated rings. The molecule has 2 nitrogen and oxygen atoms in total. The lowest BCUT2D eigenvalue weighted by molar-refractivity contribution is 1.35. The molecule has 90 valence electrons. The van der Waals surface area contributed by atoms with Crippen molar-refractivity contribution in [1.29, 1.82) is 0 Å². The average molecular weight is 262 g/mol. The lowest BCUT2D eigenvalue weighted by Gasteiger charge is -1.95. The Kier molecular flexibility index (Phi) is 1.57. The van der Waals surface area contributed by atoms with E-state index >= 15 is 0 Å². The van der Waals surface area contributed by atoms with Crippen LogP contribution in [-0.2, 0) is 0 Å². The summed E-state index contributed by atoms with van der Waals surface area (Å²) in [4.78, 5) is 0. The molecule has 3 heteroatoms. The van der Waals surface area contributed by atoms with Crippen LogP contribution in [0.2, 0.25) is 0 Å². The number of rotatable bonds is 0. The highest BCUT2D eigenvalue weighted by atomic mass is 32.1. The maximum absolute atomic E-state index is 4.35. The number of para-hydroxylation sites is 1. The van der Waals surface area contributed by atoms with Crippen LogP contribution in [0.15, 0.2) is 42.6 Å². The third kappa shape index (κ3) is 1.01. The van der Waals surface area contributed by atoms with Crippen LogP contribution in [0.4, 0.5) is 0 Å². The molecule has 5 aromatic rings. The van der Waals surface area contributed by atoms with E-state index in [1.54, 1.807) is 11.5 Å². The molecule has 0 N–H and O–H groups in total. The summed E-state index contributed by atoms with van der Waals surface area (Å²) in [5, 5.41) is 4.01. The molecule has 5 rings (SSSR count). The molecule has 0 radical (unpaired) electrons. The summed E-state index contributed by atoms with van der Waals surface area (Å²) >= 11 is 1.59. The molecule has 0 spiro atoms. The quantitative estimate of drug-likeness (QED) is 0.398. The van der Waals surface area contributed by atoms with E-state index in [1.807, 2.05) is 6.20 Å². The van der Waals surface area contributed by atoms with Gasteiger partial charge in [0.05, 0.1) is 27.4 Å². The molecule has 0 aliphatic carbocycles. The minimum atomic E-state index is 1.23.